The Hall–Kier alpha value is -0.980. The third-order valence-corrected chi connectivity index (χ3v) is 1.98. The number of nitrogens with two attached hydrogens (primary N) is 1. The third-order valence-electron chi connectivity index (χ3n) is 1.98. The average Bonchev–Trinajstić information content (AvgIpc) is 2.10. The third kappa shape index (κ3) is 5.29. The molecule has 0 aliphatic heterocycles. The molecule has 0 amide bonds. The molecule has 0 aromatic heterocycles. The molecule has 0 aromatic rings. The van der Waals surface area contributed by atoms with Gasteiger partial charge in [0.2, 0.25) is 0 Å². The molecule has 1 nitrogen and oxygen atoms in total. The minimum Gasteiger partial charge on any atom is -0.404 e. The standard InChI is InChI=1S/C12H21N/c1-5-6-7-12(8-10(2)3)11(4)9-13/h8-9H,2,5-7,13H2,1,3-4H3/b11-9-,12-8-. The molecule has 0 saturated carbocycles. The second kappa shape index (κ2) is 6.53. The van der Waals surface area contributed by atoms with Crippen molar-refractivity contribution < 1.29 is 0 Å². The van der Waals surface area contributed by atoms with E-state index in [1.807, 2.05) is 13.8 Å². The predicted octanol–water partition coefficient (Wildman–Crippen LogP) is 3.54. The summed E-state index contributed by atoms with van der Waals surface area (Å²) in [6.07, 6.45) is 7.32. The first-order valence-electron chi connectivity index (χ1n) is 4.86. The van der Waals surface area contributed by atoms with E-state index in [0.29, 0.717) is 0 Å². The monoisotopic (exact) mass is 179 g/mol. The van der Waals surface area contributed by atoms with Gasteiger partial charge in [-0.05, 0) is 44.0 Å². The fourth-order valence-corrected chi connectivity index (χ4v) is 1.15. The van der Waals surface area contributed by atoms with E-state index in [4.69, 9.17) is 5.73 Å². The highest BCUT2D eigenvalue weighted by Gasteiger charge is 1.98. The van der Waals surface area contributed by atoms with Crippen LogP contribution in [0, 0.1) is 0 Å². The van der Waals surface area contributed by atoms with Crippen molar-refractivity contribution in [2.75, 3.05) is 0 Å². The second-order valence-electron chi connectivity index (χ2n) is 3.47. The first-order chi connectivity index (χ1) is 6.11. The summed E-state index contributed by atoms with van der Waals surface area (Å²) in [5.41, 5.74) is 9.06. The van der Waals surface area contributed by atoms with E-state index >= 15 is 0 Å². The van der Waals surface area contributed by atoms with E-state index in [0.717, 1.165) is 17.6 Å². The molecule has 0 aliphatic rings. The summed E-state index contributed by atoms with van der Waals surface area (Å²) in [4.78, 5) is 0. The highest BCUT2D eigenvalue weighted by molar-refractivity contribution is 5.33. The van der Waals surface area contributed by atoms with Gasteiger partial charge in [0.15, 0.2) is 0 Å². The largest absolute Gasteiger partial charge is 0.404 e. The molecule has 1 heteroatoms. The maximum atomic E-state index is 5.49. The molecule has 74 valence electrons. The van der Waals surface area contributed by atoms with Gasteiger partial charge in [0, 0.05) is 0 Å². The van der Waals surface area contributed by atoms with E-state index < -0.39 is 0 Å². The van der Waals surface area contributed by atoms with E-state index in [9.17, 15) is 0 Å². The van der Waals surface area contributed by atoms with Crippen LogP contribution in [-0.4, -0.2) is 0 Å². The minimum absolute atomic E-state index is 1.09. The number of hydrogen-bond donors (Lipinski definition) is 1. The minimum atomic E-state index is 1.09. The van der Waals surface area contributed by atoms with Gasteiger partial charge in [-0.3, -0.25) is 0 Å². The van der Waals surface area contributed by atoms with Crippen LogP contribution in [0.25, 0.3) is 0 Å². The first-order valence-corrected chi connectivity index (χ1v) is 4.86. The van der Waals surface area contributed by atoms with Gasteiger partial charge in [0.05, 0.1) is 0 Å². The fourth-order valence-electron chi connectivity index (χ4n) is 1.15. The van der Waals surface area contributed by atoms with Crippen LogP contribution in [0.1, 0.15) is 40.0 Å². The van der Waals surface area contributed by atoms with E-state index in [1.54, 1.807) is 6.20 Å². The lowest BCUT2D eigenvalue weighted by molar-refractivity contribution is 0.790. The Morgan fingerprint density at radius 1 is 1.38 bits per heavy atom. The highest BCUT2D eigenvalue weighted by Crippen LogP contribution is 2.17. The Balaban J connectivity index is 4.46. The highest BCUT2D eigenvalue weighted by atomic mass is 14.5. The van der Waals surface area contributed by atoms with Crippen LogP contribution in [-0.2, 0) is 0 Å². The molecular formula is C12H21N. The van der Waals surface area contributed by atoms with Gasteiger partial charge < -0.3 is 5.73 Å². The molecule has 0 aliphatic carbocycles. The van der Waals surface area contributed by atoms with Crippen molar-refractivity contribution in [1.29, 1.82) is 0 Å². The summed E-state index contributed by atoms with van der Waals surface area (Å²) in [5, 5.41) is 0. The number of unbranched alkanes of at least 4 members (excludes halogenated alkanes) is 1. The fraction of sp³-hybridized carbons (Fsp3) is 0.500. The Kier molecular flexibility index (Phi) is 6.03. The maximum absolute atomic E-state index is 5.49. The van der Waals surface area contributed by atoms with Crippen LogP contribution >= 0.6 is 0 Å². The summed E-state index contributed by atoms with van der Waals surface area (Å²) in [6.45, 7) is 10.1. The number of hydrogen-bond acceptors (Lipinski definition) is 1. The molecule has 0 heterocycles. The zero-order valence-corrected chi connectivity index (χ0v) is 9.06. The van der Waals surface area contributed by atoms with E-state index in [-0.39, 0.29) is 0 Å². The van der Waals surface area contributed by atoms with Gasteiger partial charge in [0.25, 0.3) is 0 Å². The predicted molar refractivity (Wildman–Crippen MR) is 60.4 cm³/mol. The van der Waals surface area contributed by atoms with Crippen LogP contribution in [0.15, 0.2) is 35.6 Å². The summed E-state index contributed by atoms with van der Waals surface area (Å²) in [6, 6.07) is 0. The lowest BCUT2D eigenvalue weighted by Crippen LogP contribution is -1.91. The van der Waals surface area contributed by atoms with Crippen molar-refractivity contribution in [3.05, 3.63) is 35.6 Å². The van der Waals surface area contributed by atoms with Crippen molar-refractivity contribution in [3.63, 3.8) is 0 Å². The molecule has 0 rings (SSSR count). The van der Waals surface area contributed by atoms with Gasteiger partial charge in [-0.25, -0.2) is 0 Å². The summed E-state index contributed by atoms with van der Waals surface area (Å²) in [7, 11) is 0. The van der Waals surface area contributed by atoms with Crippen molar-refractivity contribution in [2.45, 2.75) is 40.0 Å². The normalized spacial score (nSPS) is 13.2. The summed E-state index contributed by atoms with van der Waals surface area (Å²) >= 11 is 0. The molecule has 0 unspecified atom stereocenters. The summed E-state index contributed by atoms with van der Waals surface area (Å²) in [5.74, 6) is 0. The van der Waals surface area contributed by atoms with Crippen molar-refractivity contribution in [2.24, 2.45) is 5.73 Å². The molecule has 0 bridgehead atoms. The van der Waals surface area contributed by atoms with Crippen LogP contribution in [0.4, 0.5) is 0 Å². The average molecular weight is 179 g/mol. The SMILES string of the molecule is C=C(C)/C=C(CCCC)\C(C)=C/N. The smallest absolute Gasteiger partial charge is 0.00298 e. The van der Waals surface area contributed by atoms with Crippen molar-refractivity contribution >= 4 is 0 Å². The van der Waals surface area contributed by atoms with Gasteiger partial charge in [-0.15, -0.1) is 0 Å². The Morgan fingerprint density at radius 2 is 2.00 bits per heavy atom. The Morgan fingerprint density at radius 3 is 2.38 bits per heavy atom. The molecule has 2 N–H and O–H groups in total. The van der Waals surface area contributed by atoms with Crippen LogP contribution in [0.2, 0.25) is 0 Å². The molecule has 0 spiro atoms. The van der Waals surface area contributed by atoms with Gasteiger partial charge in [-0.1, -0.05) is 31.6 Å². The van der Waals surface area contributed by atoms with E-state index in [1.165, 1.54) is 18.4 Å². The first kappa shape index (κ1) is 12.0. The van der Waals surface area contributed by atoms with Crippen LogP contribution < -0.4 is 5.73 Å². The van der Waals surface area contributed by atoms with Gasteiger partial charge in [-0.2, -0.15) is 0 Å². The quantitative estimate of drug-likeness (QED) is 0.642. The molecule has 0 atom stereocenters. The number of rotatable bonds is 5. The second-order valence-corrected chi connectivity index (χ2v) is 3.47. The molecule has 13 heavy (non-hydrogen) atoms. The molecular weight excluding hydrogens is 158 g/mol. The molecule has 0 aromatic carbocycles. The molecule has 0 saturated heterocycles. The summed E-state index contributed by atoms with van der Waals surface area (Å²) < 4.78 is 0. The van der Waals surface area contributed by atoms with Crippen molar-refractivity contribution in [1.82, 2.24) is 0 Å². The van der Waals surface area contributed by atoms with Crippen LogP contribution in [0.5, 0.6) is 0 Å². The van der Waals surface area contributed by atoms with Crippen LogP contribution in [0.3, 0.4) is 0 Å². The lowest BCUT2D eigenvalue weighted by atomic mass is 10.0. The molecule has 0 radical (unpaired) electrons. The number of allylic oxidation sites excluding steroid dienone is 4. The zero-order valence-electron chi connectivity index (χ0n) is 9.06. The van der Waals surface area contributed by atoms with Gasteiger partial charge >= 0.3 is 0 Å². The Labute approximate surface area is 82.0 Å². The lowest BCUT2D eigenvalue weighted by Gasteiger charge is -2.06. The van der Waals surface area contributed by atoms with Crippen molar-refractivity contribution in [3.8, 4) is 0 Å². The molecule has 0 fully saturated rings. The maximum Gasteiger partial charge on any atom is -0.00298 e. The zero-order chi connectivity index (χ0) is 10.3. The van der Waals surface area contributed by atoms with Gasteiger partial charge in [0.1, 0.15) is 0 Å². The Bertz CT molecular complexity index is 221. The topological polar surface area (TPSA) is 26.0 Å². The van der Waals surface area contributed by atoms with E-state index in [2.05, 4.69) is 19.6 Å².